The molecule has 0 aromatic carbocycles. The Morgan fingerprint density at radius 1 is 0.538 bits per heavy atom. The van der Waals surface area contributed by atoms with E-state index in [0.717, 1.165) is 64.2 Å². The van der Waals surface area contributed by atoms with Crippen LogP contribution in [0, 0.1) is 21.7 Å². The van der Waals surface area contributed by atoms with Crippen molar-refractivity contribution >= 4 is 17.9 Å². The third-order valence-electron chi connectivity index (χ3n) is 9.08. The van der Waals surface area contributed by atoms with Crippen LogP contribution in [-0.2, 0) is 45.6 Å². The molecule has 0 fully saturated rings. The van der Waals surface area contributed by atoms with Gasteiger partial charge in [-0.05, 0) is 67.2 Å². The van der Waals surface area contributed by atoms with Crippen LogP contribution in [-0.4, -0.2) is 71.4 Å². The number of carbonyl (C=O) groups is 3. The molecule has 0 bridgehead atoms. The maximum Gasteiger partial charge on any atom is 0.309 e. The van der Waals surface area contributed by atoms with Gasteiger partial charge >= 0.3 is 17.9 Å². The second-order valence-corrected chi connectivity index (χ2v) is 15.6. The summed E-state index contributed by atoms with van der Waals surface area (Å²) < 4.78 is 10.8. The quantitative estimate of drug-likeness (QED) is 0.0346. The molecule has 10 heteroatoms. The number of ether oxygens (including phenoxy) is 2. The Labute approximate surface area is 334 Å². The van der Waals surface area contributed by atoms with Crippen molar-refractivity contribution in [3.63, 3.8) is 0 Å². The zero-order valence-electron chi connectivity index (χ0n) is 35.2. The molecular formula is C42H82O9Ti. The SMILES string of the molecule is C=CCOCC(CC)(CO)COCC=C.CCCCCCC(C)(C)C(=O)O.CCCCCCC(C)(C)C(=O)O.CCCCCCC(C)(C)C(=O)O.[Ti]. The second kappa shape index (κ2) is 36.5. The van der Waals surface area contributed by atoms with Crippen LogP contribution < -0.4 is 0 Å². The number of aliphatic hydroxyl groups excluding tert-OH is 1. The molecule has 0 aliphatic rings. The molecular weight excluding hydrogens is 696 g/mol. The summed E-state index contributed by atoms with van der Waals surface area (Å²) in [5, 5.41) is 35.8. The summed E-state index contributed by atoms with van der Waals surface area (Å²) >= 11 is 0. The largest absolute Gasteiger partial charge is 0.481 e. The van der Waals surface area contributed by atoms with Gasteiger partial charge < -0.3 is 29.9 Å². The molecule has 308 valence electrons. The monoisotopic (exact) mass is 779 g/mol. The van der Waals surface area contributed by atoms with Crippen LogP contribution >= 0.6 is 0 Å². The fourth-order valence-electron chi connectivity index (χ4n) is 4.47. The first kappa shape index (κ1) is 59.8. The number of rotatable bonds is 28. The molecule has 0 aliphatic carbocycles. The standard InChI is InChI=1S/C12H22O3.3C10H20O2.Ti/c1-4-7-14-10-12(6-3,9-13)11-15-8-5-2;3*1-4-5-6-7-8-10(2,3)9(11)12;/h4-5,13H,1-2,6-11H2,3H3;3*4-8H2,1-3H3,(H,11,12);. The summed E-state index contributed by atoms with van der Waals surface area (Å²) in [5.74, 6) is -2.04. The molecule has 0 aromatic heterocycles. The third kappa shape index (κ3) is 35.5. The Balaban J connectivity index is -0.000000189. The van der Waals surface area contributed by atoms with E-state index < -0.39 is 34.2 Å². The van der Waals surface area contributed by atoms with Crippen LogP contribution in [0.1, 0.15) is 172 Å². The Morgan fingerprint density at radius 3 is 0.981 bits per heavy atom. The molecule has 9 nitrogen and oxygen atoms in total. The predicted molar refractivity (Wildman–Crippen MR) is 212 cm³/mol. The molecule has 0 heterocycles. The van der Waals surface area contributed by atoms with Crippen molar-refractivity contribution in [2.24, 2.45) is 21.7 Å². The number of carboxylic acids is 3. The first-order valence-electron chi connectivity index (χ1n) is 19.4. The van der Waals surface area contributed by atoms with Crippen molar-refractivity contribution in [3.05, 3.63) is 25.3 Å². The predicted octanol–water partition coefficient (Wildman–Crippen LogP) is 11.0. The van der Waals surface area contributed by atoms with E-state index in [4.69, 9.17) is 24.8 Å². The van der Waals surface area contributed by atoms with Gasteiger partial charge in [0.2, 0.25) is 0 Å². The third-order valence-corrected chi connectivity index (χ3v) is 9.08. The normalized spacial score (nSPS) is 11.3. The first-order chi connectivity index (χ1) is 23.8. The fourth-order valence-corrected chi connectivity index (χ4v) is 4.47. The molecule has 0 radical (unpaired) electrons. The van der Waals surface area contributed by atoms with E-state index in [1.165, 1.54) is 38.5 Å². The zero-order valence-corrected chi connectivity index (χ0v) is 36.8. The number of unbranched alkanes of at least 4 members (excludes halogenated alkanes) is 9. The van der Waals surface area contributed by atoms with Gasteiger partial charge in [0.05, 0.1) is 49.3 Å². The number of hydrogen-bond donors (Lipinski definition) is 4. The van der Waals surface area contributed by atoms with Crippen LogP contribution in [0.2, 0.25) is 0 Å². The average molecular weight is 779 g/mol. The van der Waals surface area contributed by atoms with Gasteiger partial charge in [0, 0.05) is 27.1 Å². The molecule has 0 saturated carbocycles. The Hall–Kier alpha value is -1.52. The smallest absolute Gasteiger partial charge is 0.309 e. The van der Waals surface area contributed by atoms with E-state index in [1.807, 2.05) is 6.92 Å². The molecule has 0 amide bonds. The summed E-state index contributed by atoms with van der Waals surface area (Å²) in [4.78, 5) is 32.1. The van der Waals surface area contributed by atoms with Gasteiger partial charge in [-0.1, -0.05) is 117 Å². The molecule has 0 unspecified atom stereocenters. The van der Waals surface area contributed by atoms with Gasteiger partial charge in [0.1, 0.15) is 0 Å². The Bertz CT molecular complexity index is 784. The zero-order chi connectivity index (χ0) is 40.4. The molecule has 0 aromatic rings. The van der Waals surface area contributed by atoms with Crippen LogP contribution in [0.5, 0.6) is 0 Å². The number of carboxylic acid groups (broad SMARTS) is 3. The van der Waals surface area contributed by atoms with E-state index in [2.05, 4.69) is 33.9 Å². The van der Waals surface area contributed by atoms with E-state index in [9.17, 15) is 19.5 Å². The van der Waals surface area contributed by atoms with Crippen LogP contribution in [0.3, 0.4) is 0 Å². The van der Waals surface area contributed by atoms with Gasteiger partial charge in [-0.3, -0.25) is 14.4 Å². The van der Waals surface area contributed by atoms with E-state index in [0.29, 0.717) is 26.4 Å². The molecule has 0 rings (SSSR count). The van der Waals surface area contributed by atoms with Gasteiger partial charge in [-0.25, -0.2) is 0 Å². The van der Waals surface area contributed by atoms with Gasteiger partial charge in [-0.15, -0.1) is 13.2 Å². The number of aliphatic carboxylic acids is 3. The summed E-state index contributed by atoms with van der Waals surface area (Å²) in [6, 6.07) is 0. The summed E-state index contributed by atoms with van der Waals surface area (Å²) in [7, 11) is 0. The number of aliphatic hydroxyl groups is 1. The minimum absolute atomic E-state index is 0. The van der Waals surface area contributed by atoms with Crippen molar-refractivity contribution in [2.45, 2.75) is 172 Å². The van der Waals surface area contributed by atoms with Crippen molar-refractivity contribution < 1.29 is 66.0 Å². The average Bonchev–Trinajstić information content (AvgIpc) is 3.07. The van der Waals surface area contributed by atoms with E-state index in [-0.39, 0.29) is 33.7 Å². The van der Waals surface area contributed by atoms with Gasteiger partial charge in [0.25, 0.3) is 0 Å². The summed E-state index contributed by atoms with van der Waals surface area (Å²) in [6.07, 6.45) is 20.4. The Morgan fingerprint density at radius 2 is 0.808 bits per heavy atom. The number of hydrogen-bond acceptors (Lipinski definition) is 6. The van der Waals surface area contributed by atoms with Gasteiger partial charge in [0.15, 0.2) is 0 Å². The minimum atomic E-state index is -0.681. The van der Waals surface area contributed by atoms with Crippen LogP contribution in [0.25, 0.3) is 0 Å². The molecule has 4 N–H and O–H groups in total. The topological polar surface area (TPSA) is 151 Å². The van der Waals surface area contributed by atoms with Crippen LogP contribution in [0.15, 0.2) is 25.3 Å². The molecule has 0 atom stereocenters. The fraction of sp³-hybridized carbons (Fsp3) is 0.833. The molecule has 0 saturated heterocycles. The minimum Gasteiger partial charge on any atom is -0.481 e. The van der Waals surface area contributed by atoms with Crippen molar-refractivity contribution in [1.29, 1.82) is 0 Å². The molecule has 0 spiro atoms. The summed E-state index contributed by atoms with van der Waals surface area (Å²) in [5.41, 5.74) is -1.90. The first-order valence-corrected chi connectivity index (χ1v) is 19.4. The maximum atomic E-state index is 10.7. The van der Waals surface area contributed by atoms with Crippen molar-refractivity contribution in [2.75, 3.05) is 33.0 Å². The summed E-state index contributed by atoms with van der Waals surface area (Å²) in [6.45, 7) is 28.4. The maximum absolute atomic E-state index is 10.7. The second-order valence-electron chi connectivity index (χ2n) is 15.6. The van der Waals surface area contributed by atoms with Crippen LogP contribution in [0.4, 0.5) is 0 Å². The van der Waals surface area contributed by atoms with Crippen molar-refractivity contribution in [3.8, 4) is 0 Å². The van der Waals surface area contributed by atoms with Gasteiger partial charge in [-0.2, -0.15) is 0 Å². The molecule has 0 aliphatic heterocycles. The van der Waals surface area contributed by atoms with E-state index >= 15 is 0 Å². The Kier molecular flexibility index (Phi) is 41.9. The molecule has 52 heavy (non-hydrogen) atoms. The van der Waals surface area contributed by atoms with Crippen molar-refractivity contribution in [1.82, 2.24) is 0 Å². The van der Waals surface area contributed by atoms with E-state index in [1.54, 1.807) is 53.7 Å².